The van der Waals surface area contributed by atoms with Crippen molar-refractivity contribution in [3.05, 3.63) is 95.6 Å². The fourth-order valence-electron chi connectivity index (χ4n) is 2.93. The second-order valence-electron chi connectivity index (χ2n) is 6.03. The molecule has 0 aromatic heterocycles. The third-order valence-corrected chi connectivity index (χ3v) is 4.34. The average Bonchev–Trinajstić information content (AvgIpc) is 2.69. The highest BCUT2D eigenvalue weighted by Gasteiger charge is 2.16. The Hall–Kier alpha value is -3.31. The maximum absolute atomic E-state index is 12.5. The van der Waals surface area contributed by atoms with E-state index in [0.29, 0.717) is 23.5 Å². The normalized spacial score (nSPS) is 10.5. The van der Waals surface area contributed by atoms with E-state index in [2.05, 4.69) is 35.0 Å². The molecule has 0 heterocycles. The molecule has 26 heavy (non-hydrogen) atoms. The Morgan fingerprint density at radius 2 is 1.50 bits per heavy atom. The number of nitrogens with one attached hydrogen (secondary N) is 2. The molecule has 0 spiro atoms. The molecule has 0 radical (unpaired) electrons. The molecule has 0 bridgehead atoms. The number of hydrogen-bond acceptors (Lipinski definition) is 4. The van der Waals surface area contributed by atoms with Crippen LogP contribution in [0.4, 0.5) is 11.4 Å². The lowest BCUT2D eigenvalue weighted by atomic mass is 9.91. The molecule has 5 nitrogen and oxygen atoms in total. The number of carbonyl (C=O) groups excluding carboxylic acids is 1. The van der Waals surface area contributed by atoms with Crippen molar-refractivity contribution in [1.82, 2.24) is 5.32 Å². The van der Waals surface area contributed by atoms with E-state index < -0.39 is 0 Å². The zero-order chi connectivity index (χ0) is 18.4. The molecule has 0 saturated heterocycles. The zero-order valence-electron chi connectivity index (χ0n) is 14.4. The minimum absolute atomic E-state index is 0. The predicted octanol–water partition coefficient (Wildman–Crippen LogP) is 3.61. The number of rotatable bonds is 6. The number of anilines is 2. The van der Waals surface area contributed by atoms with Crippen LogP contribution in [0, 0.1) is 0 Å². The van der Waals surface area contributed by atoms with Crippen molar-refractivity contribution in [2.24, 2.45) is 5.84 Å². The third-order valence-electron chi connectivity index (χ3n) is 4.34. The summed E-state index contributed by atoms with van der Waals surface area (Å²) in [6, 6.07) is 25.3. The minimum atomic E-state index is -0.169. The molecular weight excluding hydrogens is 324 g/mol. The van der Waals surface area contributed by atoms with Crippen LogP contribution in [0.2, 0.25) is 0 Å². The van der Waals surface area contributed by atoms with Gasteiger partial charge in [-0.15, -0.1) is 0 Å². The van der Waals surface area contributed by atoms with E-state index in [4.69, 9.17) is 11.6 Å². The van der Waals surface area contributed by atoms with Crippen LogP contribution >= 0.6 is 0 Å². The Bertz CT molecular complexity index is 837. The molecule has 0 atom stereocenters. The Morgan fingerprint density at radius 3 is 2.00 bits per heavy atom. The van der Waals surface area contributed by atoms with Gasteiger partial charge in [-0.25, -0.2) is 0 Å². The average molecular weight is 350 g/mol. The molecule has 0 unspecified atom stereocenters. The molecule has 1 amide bonds. The van der Waals surface area contributed by atoms with Gasteiger partial charge < -0.3 is 16.5 Å². The number of carbonyl (C=O) groups is 1. The number of benzene rings is 3. The summed E-state index contributed by atoms with van der Waals surface area (Å²) in [7, 11) is 0. The van der Waals surface area contributed by atoms with E-state index in [9.17, 15) is 4.79 Å². The van der Waals surface area contributed by atoms with Crippen LogP contribution in [0.25, 0.3) is 0 Å². The lowest BCUT2D eigenvalue weighted by molar-refractivity contribution is 0.0952. The largest absolute Gasteiger partial charge is 0.397 e. The Kier molecular flexibility index (Phi) is 5.51. The number of amides is 1. The highest BCUT2D eigenvalue weighted by molar-refractivity contribution is 5.96. The highest BCUT2D eigenvalue weighted by Crippen LogP contribution is 2.24. The summed E-state index contributed by atoms with van der Waals surface area (Å²) >= 11 is 0. The molecule has 3 rings (SSSR count). The molecule has 0 aliphatic carbocycles. The summed E-state index contributed by atoms with van der Waals surface area (Å²) in [5, 5.41) is 3.01. The van der Waals surface area contributed by atoms with Gasteiger partial charge in [0.1, 0.15) is 0 Å². The maximum atomic E-state index is 12.5. The van der Waals surface area contributed by atoms with E-state index >= 15 is 0 Å². The summed E-state index contributed by atoms with van der Waals surface area (Å²) in [4.78, 5) is 12.5. The topological polar surface area (TPSA) is 93.2 Å². The van der Waals surface area contributed by atoms with E-state index in [1.54, 1.807) is 18.2 Å². The molecule has 5 heteroatoms. The molecule has 136 valence electrons. The Labute approximate surface area is 156 Å². The fraction of sp³-hybridized carbons (Fsp3) is 0.0952. The van der Waals surface area contributed by atoms with E-state index in [1.165, 1.54) is 0 Å². The van der Waals surface area contributed by atoms with Gasteiger partial charge in [0, 0.05) is 20.9 Å². The first kappa shape index (κ1) is 17.5. The van der Waals surface area contributed by atoms with E-state index in [0.717, 1.165) is 11.1 Å². The molecule has 3 aromatic rings. The molecular formula is C21H26N4O. The van der Waals surface area contributed by atoms with Crippen molar-refractivity contribution in [2.75, 3.05) is 17.7 Å². The first-order chi connectivity index (χ1) is 12.7. The van der Waals surface area contributed by atoms with Crippen molar-refractivity contribution in [3.8, 4) is 0 Å². The lowest BCUT2D eigenvalue weighted by Crippen LogP contribution is -2.29. The van der Waals surface area contributed by atoms with Gasteiger partial charge in [0.25, 0.3) is 5.91 Å². The van der Waals surface area contributed by atoms with Crippen molar-refractivity contribution in [2.45, 2.75) is 5.92 Å². The van der Waals surface area contributed by atoms with Crippen LogP contribution < -0.4 is 22.3 Å². The van der Waals surface area contributed by atoms with E-state index in [-0.39, 0.29) is 14.7 Å². The Balaban J connectivity index is 0.00000196. The number of hydrogen-bond donors (Lipinski definition) is 4. The number of nitrogens with two attached hydrogens (primary N) is 2. The van der Waals surface area contributed by atoms with Crippen LogP contribution in [-0.2, 0) is 0 Å². The summed E-state index contributed by atoms with van der Waals surface area (Å²) in [6.45, 7) is 0.490. The lowest BCUT2D eigenvalue weighted by Gasteiger charge is -2.19. The maximum Gasteiger partial charge on any atom is 0.251 e. The molecule has 0 fully saturated rings. The van der Waals surface area contributed by atoms with Crippen molar-refractivity contribution in [3.63, 3.8) is 0 Å². The molecule has 0 aliphatic heterocycles. The van der Waals surface area contributed by atoms with Gasteiger partial charge in [0.2, 0.25) is 0 Å². The van der Waals surface area contributed by atoms with Gasteiger partial charge in [0.15, 0.2) is 0 Å². The minimum Gasteiger partial charge on any atom is -0.397 e. The van der Waals surface area contributed by atoms with Crippen molar-refractivity contribution < 1.29 is 7.65 Å². The quantitative estimate of drug-likeness (QED) is 0.310. The van der Waals surface area contributed by atoms with E-state index in [1.807, 2.05) is 36.4 Å². The third kappa shape index (κ3) is 4.02. The second kappa shape index (κ2) is 8.18. The van der Waals surface area contributed by atoms with Crippen LogP contribution in [0.5, 0.6) is 0 Å². The SMILES string of the molecule is NNc1ccc(C(=O)NCC(c2ccccc2)c2ccccc2)cc1N.[HH].[HH]. The predicted molar refractivity (Wildman–Crippen MR) is 110 cm³/mol. The van der Waals surface area contributed by atoms with Gasteiger partial charge in [-0.2, -0.15) is 0 Å². The van der Waals surface area contributed by atoms with Gasteiger partial charge in [-0.1, -0.05) is 60.7 Å². The van der Waals surface area contributed by atoms with Crippen LogP contribution in [0.1, 0.15) is 30.3 Å². The first-order valence-corrected chi connectivity index (χ1v) is 8.43. The molecule has 6 N–H and O–H groups in total. The molecule has 0 aliphatic rings. The standard InChI is InChI=1S/C21H22N4O.2H2/c22-19-13-17(11-12-20(19)25-23)21(26)24-14-18(15-7-3-1-4-8-15)16-9-5-2-6-10-16;;/h1-13,18,25H,14,22-23H2,(H,24,26);2*1H. The van der Waals surface area contributed by atoms with Gasteiger partial charge >= 0.3 is 0 Å². The smallest absolute Gasteiger partial charge is 0.251 e. The van der Waals surface area contributed by atoms with Gasteiger partial charge in [-0.3, -0.25) is 10.6 Å². The summed E-state index contributed by atoms with van der Waals surface area (Å²) in [5.74, 6) is 5.28. The Morgan fingerprint density at radius 1 is 0.923 bits per heavy atom. The monoisotopic (exact) mass is 350 g/mol. The molecule has 3 aromatic carbocycles. The summed E-state index contributed by atoms with van der Waals surface area (Å²) in [6.07, 6.45) is 0. The second-order valence-corrected chi connectivity index (χ2v) is 6.03. The van der Waals surface area contributed by atoms with Crippen molar-refractivity contribution in [1.29, 1.82) is 0 Å². The number of nitrogen functional groups attached to an aromatic ring is 2. The zero-order valence-corrected chi connectivity index (χ0v) is 14.4. The summed E-state index contributed by atoms with van der Waals surface area (Å²) in [5.41, 5.74) is 12.2. The summed E-state index contributed by atoms with van der Waals surface area (Å²) < 4.78 is 0. The van der Waals surface area contributed by atoms with Crippen LogP contribution in [0.3, 0.4) is 0 Å². The van der Waals surface area contributed by atoms with Crippen LogP contribution in [-0.4, -0.2) is 12.5 Å². The first-order valence-electron chi connectivity index (χ1n) is 8.43. The van der Waals surface area contributed by atoms with Gasteiger partial charge in [-0.05, 0) is 29.3 Å². The number of hydrazine groups is 1. The fourth-order valence-corrected chi connectivity index (χ4v) is 2.93. The van der Waals surface area contributed by atoms with Crippen molar-refractivity contribution >= 4 is 17.3 Å². The van der Waals surface area contributed by atoms with Crippen LogP contribution in [0.15, 0.2) is 78.9 Å². The molecule has 0 saturated carbocycles. The van der Waals surface area contributed by atoms with Gasteiger partial charge in [0.05, 0.1) is 11.4 Å². The highest BCUT2D eigenvalue weighted by atomic mass is 16.1.